The van der Waals surface area contributed by atoms with Crippen LogP contribution in [-0.4, -0.2) is 15.7 Å². The Labute approximate surface area is 100 Å². The first-order valence-electron chi connectivity index (χ1n) is 5.58. The summed E-state index contributed by atoms with van der Waals surface area (Å²) in [7, 11) is 0. The number of hydrogen-bond acceptors (Lipinski definition) is 2. The van der Waals surface area contributed by atoms with Crippen LogP contribution < -0.4 is 5.32 Å². The second-order valence-corrected chi connectivity index (χ2v) is 4.14. The summed E-state index contributed by atoms with van der Waals surface area (Å²) in [6.07, 6.45) is 3.59. The molecular weight excluding hydrogens is 214 g/mol. The highest BCUT2D eigenvalue weighted by atomic mass is 16.1. The predicted molar refractivity (Wildman–Crippen MR) is 67.0 cm³/mol. The summed E-state index contributed by atoms with van der Waals surface area (Å²) in [5, 5.41) is 7.01. The number of amides is 1. The number of carbonyl (C=O) groups excluding carboxylic acids is 1. The lowest BCUT2D eigenvalue weighted by Crippen LogP contribution is -2.17. The minimum absolute atomic E-state index is 0.0163. The molecule has 88 valence electrons. The highest BCUT2D eigenvalue weighted by molar-refractivity contribution is 5.92. The Morgan fingerprint density at radius 3 is 2.82 bits per heavy atom. The van der Waals surface area contributed by atoms with Crippen molar-refractivity contribution in [1.29, 1.82) is 0 Å². The van der Waals surface area contributed by atoms with Crippen LogP contribution in [-0.2, 0) is 4.79 Å². The third-order valence-electron chi connectivity index (χ3n) is 2.41. The van der Waals surface area contributed by atoms with E-state index in [1.54, 1.807) is 10.9 Å². The Balaban J connectivity index is 2.20. The van der Waals surface area contributed by atoms with Gasteiger partial charge in [-0.05, 0) is 24.3 Å². The fourth-order valence-corrected chi connectivity index (χ4v) is 1.43. The van der Waals surface area contributed by atoms with Crippen LogP contribution in [0.2, 0.25) is 0 Å². The molecule has 1 amide bonds. The summed E-state index contributed by atoms with van der Waals surface area (Å²) < 4.78 is 1.75. The number of aromatic nitrogens is 2. The first-order valence-corrected chi connectivity index (χ1v) is 5.58. The van der Waals surface area contributed by atoms with Crippen molar-refractivity contribution >= 4 is 11.6 Å². The summed E-state index contributed by atoms with van der Waals surface area (Å²) in [6, 6.07) is 9.46. The number of anilines is 1. The van der Waals surface area contributed by atoms with Crippen molar-refractivity contribution < 1.29 is 4.79 Å². The van der Waals surface area contributed by atoms with Crippen molar-refractivity contribution in [2.75, 3.05) is 5.32 Å². The van der Waals surface area contributed by atoms with Gasteiger partial charge in [0.1, 0.15) is 0 Å². The van der Waals surface area contributed by atoms with Crippen LogP contribution in [0.15, 0.2) is 42.7 Å². The monoisotopic (exact) mass is 229 g/mol. The van der Waals surface area contributed by atoms with Crippen LogP contribution in [0, 0.1) is 5.92 Å². The van der Waals surface area contributed by atoms with Gasteiger partial charge < -0.3 is 5.32 Å². The molecule has 1 N–H and O–H groups in total. The van der Waals surface area contributed by atoms with E-state index in [0.717, 1.165) is 11.4 Å². The largest absolute Gasteiger partial charge is 0.326 e. The fourth-order valence-electron chi connectivity index (χ4n) is 1.43. The molecule has 2 rings (SSSR count). The maximum absolute atomic E-state index is 11.6. The second kappa shape index (κ2) is 4.82. The number of benzene rings is 1. The smallest absolute Gasteiger partial charge is 0.226 e. The quantitative estimate of drug-likeness (QED) is 0.878. The zero-order valence-electron chi connectivity index (χ0n) is 9.92. The van der Waals surface area contributed by atoms with E-state index in [-0.39, 0.29) is 11.8 Å². The molecule has 0 aliphatic heterocycles. The van der Waals surface area contributed by atoms with Gasteiger partial charge >= 0.3 is 0 Å². The molecule has 0 saturated carbocycles. The maximum atomic E-state index is 11.6. The van der Waals surface area contributed by atoms with Crippen molar-refractivity contribution in [3.8, 4) is 5.69 Å². The van der Waals surface area contributed by atoms with Gasteiger partial charge in [0.2, 0.25) is 5.91 Å². The van der Waals surface area contributed by atoms with Gasteiger partial charge in [-0.25, -0.2) is 4.68 Å². The summed E-state index contributed by atoms with van der Waals surface area (Å²) in [5.41, 5.74) is 1.72. The van der Waals surface area contributed by atoms with E-state index in [9.17, 15) is 4.79 Å². The van der Waals surface area contributed by atoms with E-state index >= 15 is 0 Å². The molecule has 0 atom stereocenters. The molecule has 1 aromatic heterocycles. The van der Waals surface area contributed by atoms with E-state index < -0.39 is 0 Å². The first kappa shape index (κ1) is 11.4. The van der Waals surface area contributed by atoms with E-state index in [2.05, 4.69) is 10.4 Å². The average molecular weight is 229 g/mol. The van der Waals surface area contributed by atoms with Crippen LogP contribution in [0.25, 0.3) is 5.69 Å². The second-order valence-electron chi connectivity index (χ2n) is 4.14. The molecular formula is C13H15N3O. The van der Waals surface area contributed by atoms with Crippen LogP contribution in [0.3, 0.4) is 0 Å². The molecule has 4 nitrogen and oxygen atoms in total. The third kappa shape index (κ3) is 2.72. The van der Waals surface area contributed by atoms with Crippen molar-refractivity contribution in [3.63, 3.8) is 0 Å². The van der Waals surface area contributed by atoms with Crippen molar-refractivity contribution in [3.05, 3.63) is 42.7 Å². The summed E-state index contributed by atoms with van der Waals surface area (Å²) in [4.78, 5) is 11.6. The summed E-state index contributed by atoms with van der Waals surface area (Å²) in [5.74, 6) is -0.00836. The fraction of sp³-hybridized carbons (Fsp3) is 0.231. The Morgan fingerprint density at radius 1 is 1.35 bits per heavy atom. The van der Waals surface area contributed by atoms with Crippen LogP contribution in [0.1, 0.15) is 13.8 Å². The van der Waals surface area contributed by atoms with E-state index in [4.69, 9.17) is 0 Å². The number of carbonyl (C=O) groups is 1. The lowest BCUT2D eigenvalue weighted by atomic mass is 10.2. The predicted octanol–water partition coefficient (Wildman–Crippen LogP) is 2.47. The number of nitrogens with zero attached hydrogens (tertiary/aromatic N) is 2. The van der Waals surface area contributed by atoms with Gasteiger partial charge in [0.05, 0.1) is 5.69 Å². The van der Waals surface area contributed by atoms with Crippen molar-refractivity contribution in [1.82, 2.24) is 9.78 Å². The van der Waals surface area contributed by atoms with E-state index in [0.29, 0.717) is 0 Å². The number of hydrogen-bond donors (Lipinski definition) is 1. The minimum Gasteiger partial charge on any atom is -0.326 e. The van der Waals surface area contributed by atoms with E-state index in [1.165, 1.54) is 0 Å². The Morgan fingerprint density at radius 2 is 2.18 bits per heavy atom. The molecule has 0 radical (unpaired) electrons. The molecule has 0 saturated heterocycles. The molecule has 0 spiro atoms. The topological polar surface area (TPSA) is 46.9 Å². The van der Waals surface area contributed by atoms with Crippen LogP contribution >= 0.6 is 0 Å². The lowest BCUT2D eigenvalue weighted by molar-refractivity contribution is -0.118. The maximum Gasteiger partial charge on any atom is 0.226 e. The summed E-state index contributed by atoms with van der Waals surface area (Å²) in [6.45, 7) is 3.74. The molecule has 0 bridgehead atoms. The van der Waals surface area contributed by atoms with Gasteiger partial charge in [0.15, 0.2) is 0 Å². The molecule has 0 aliphatic carbocycles. The van der Waals surface area contributed by atoms with Crippen LogP contribution in [0.5, 0.6) is 0 Å². The molecule has 0 unspecified atom stereocenters. The van der Waals surface area contributed by atoms with Gasteiger partial charge in [-0.1, -0.05) is 19.9 Å². The highest BCUT2D eigenvalue weighted by Crippen LogP contribution is 2.14. The van der Waals surface area contributed by atoms with Crippen molar-refractivity contribution in [2.24, 2.45) is 5.92 Å². The minimum atomic E-state index is -0.0247. The SMILES string of the molecule is CC(C)C(=O)Nc1cccc(-n2cccn2)c1. The summed E-state index contributed by atoms with van der Waals surface area (Å²) >= 11 is 0. The van der Waals surface area contributed by atoms with Gasteiger partial charge in [-0.3, -0.25) is 4.79 Å². The zero-order valence-corrected chi connectivity index (χ0v) is 9.92. The van der Waals surface area contributed by atoms with Crippen molar-refractivity contribution in [2.45, 2.75) is 13.8 Å². The number of nitrogens with one attached hydrogen (secondary N) is 1. The van der Waals surface area contributed by atoms with Gasteiger partial charge in [-0.2, -0.15) is 5.10 Å². The highest BCUT2D eigenvalue weighted by Gasteiger charge is 2.07. The molecule has 1 aromatic carbocycles. The molecule has 17 heavy (non-hydrogen) atoms. The zero-order chi connectivity index (χ0) is 12.3. The number of rotatable bonds is 3. The van der Waals surface area contributed by atoms with Crippen LogP contribution in [0.4, 0.5) is 5.69 Å². The molecule has 1 heterocycles. The van der Waals surface area contributed by atoms with Gasteiger partial charge in [-0.15, -0.1) is 0 Å². The normalized spacial score (nSPS) is 10.5. The lowest BCUT2D eigenvalue weighted by Gasteiger charge is -2.09. The molecule has 0 aliphatic rings. The first-order chi connectivity index (χ1) is 8.16. The van der Waals surface area contributed by atoms with Gasteiger partial charge in [0.25, 0.3) is 0 Å². The average Bonchev–Trinajstić information content (AvgIpc) is 2.82. The Bertz CT molecular complexity index is 503. The van der Waals surface area contributed by atoms with Gasteiger partial charge in [0, 0.05) is 24.0 Å². The third-order valence-corrected chi connectivity index (χ3v) is 2.41. The molecule has 0 fully saturated rings. The standard InChI is InChI=1S/C13H15N3O/c1-10(2)13(17)15-11-5-3-6-12(9-11)16-8-4-7-14-16/h3-10H,1-2H3,(H,15,17). The Kier molecular flexibility index (Phi) is 3.23. The molecule has 4 heteroatoms. The molecule has 2 aromatic rings. The Hall–Kier alpha value is -2.10. The van der Waals surface area contributed by atoms with E-state index in [1.807, 2.05) is 50.4 Å².